The van der Waals surface area contributed by atoms with Gasteiger partial charge in [0.05, 0.1) is 17.0 Å². The van der Waals surface area contributed by atoms with E-state index in [0.717, 1.165) is 74.9 Å². The van der Waals surface area contributed by atoms with Crippen molar-refractivity contribution in [1.29, 1.82) is 0 Å². The highest BCUT2D eigenvalue weighted by Gasteiger charge is 2.44. The minimum atomic E-state index is -0.0825. The molecule has 0 N–H and O–H groups in total. The maximum absolute atomic E-state index is 13.9. The number of aromatic nitrogens is 2. The van der Waals surface area contributed by atoms with Crippen molar-refractivity contribution in [2.75, 3.05) is 18.8 Å². The molecule has 0 radical (unpaired) electrons. The highest BCUT2D eigenvalue weighted by atomic mass is 32.2. The van der Waals surface area contributed by atoms with Crippen LogP contribution < -0.4 is 5.56 Å². The molecule has 1 amide bonds. The van der Waals surface area contributed by atoms with Crippen LogP contribution in [0.2, 0.25) is 0 Å². The van der Waals surface area contributed by atoms with E-state index in [0.29, 0.717) is 17.5 Å². The summed E-state index contributed by atoms with van der Waals surface area (Å²) in [5.74, 6) is 0.472. The minimum absolute atomic E-state index is 0.0825. The van der Waals surface area contributed by atoms with E-state index in [2.05, 4.69) is 32.0 Å². The molecule has 6 heteroatoms. The molecule has 0 saturated heterocycles. The number of carbonyl (C=O) groups excluding carboxylic acids is 1. The topological polar surface area (TPSA) is 55.2 Å². The second-order valence-corrected chi connectivity index (χ2v) is 10.8. The van der Waals surface area contributed by atoms with Crippen molar-refractivity contribution in [2.24, 2.45) is 0 Å². The molecule has 1 heterocycles. The summed E-state index contributed by atoms with van der Waals surface area (Å²) in [7, 11) is 0. The Morgan fingerprint density at radius 1 is 1.09 bits per heavy atom. The number of thioether (sulfide) groups is 1. The average Bonchev–Trinajstić information content (AvgIpc) is 3.30. The van der Waals surface area contributed by atoms with Crippen LogP contribution in [0, 0.1) is 0 Å². The molecule has 4 rings (SSSR count). The maximum Gasteiger partial charge on any atom is 0.258 e. The smallest absolute Gasteiger partial charge is 0.258 e. The van der Waals surface area contributed by atoms with Crippen LogP contribution in [0.4, 0.5) is 0 Å². The molecule has 184 valence electrons. The first-order chi connectivity index (χ1) is 16.5. The van der Waals surface area contributed by atoms with Gasteiger partial charge < -0.3 is 4.90 Å². The molecule has 0 unspecified atom stereocenters. The number of rotatable bonds is 10. The van der Waals surface area contributed by atoms with Crippen molar-refractivity contribution < 1.29 is 4.79 Å². The zero-order valence-corrected chi connectivity index (χ0v) is 21.9. The lowest BCUT2D eigenvalue weighted by atomic mass is 9.68. The molecule has 1 spiro atoms. The summed E-state index contributed by atoms with van der Waals surface area (Å²) in [5.41, 5.74) is 4.20. The Bertz CT molecular complexity index is 1060. The first-order valence-corrected chi connectivity index (χ1v) is 14.2. The number of carbonyl (C=O) groups is 1. The molecule has 2 aliphatic rings. The van der Waals surface area contributed by atoms with Crippen LogP contribution in [0.3, 0.4) is 0 Å². The Morgan fingerprint density at radius 2 is 1.76 bits per heavy atom. The second-order valence-electron chi connectivity index (χ2n) is 9.87. The summed E-state index contributed by atoms with van der Waals surface area (Å²) in [6.45, 7) is 8.51. The van der Waals surface area contributed by atoms with Gasteiger partial charge in [-0.25, -0.2) is 4.98 Å². The zero-order chi connectivity index (χ0) is 24.1. The fourth-order valence-corrected chi connectivity index (χ4v) is 6.67. The number of hydrogen-bond donors (Lipinski definition) is 0. The third-order valence-corrected chi connectivity index (χ3v) is 8.54. The van der Waals surface area contributed by atoms with E-state index in [1.54, 1.807) is 0 Å². The summed E-state index contributed by atoms with van der Waals surface area (Å²) < 4.78 is 1.81. The summed E-state index contributed by atoms with van der Waals surface area (Å²) >= 11 is 1.43. The number of unbranched alkanes of at least 4 members (excludes halogenated alkanes) is 2. The molecule has 2 aliphatic carbocycles. The largest absolute Gasteiger partial charge is 0.342 e. The number of nitrogens with zero attached hydrogens (tertiary/aromatic N) is 3. The zero-order valence-electron chi connectivity index (χ0n) is 21.1. The van der Waals surface area contributed by atoms with E-state index in [4.69, 9.17) is 4.98 Å². The van der Waals surface area contributed by atoms with Crippen LogP contribution in [0.15, 0.2) is 34.2 Å². The molecular formula is C28H39N3O2S. The molecule has 5 nitrogen and oxygen atoms in total. The fourth-order valence-electron chi connectivity index (χ4n) is 5.71. The van der Waals surface area contributed by atoms with Crippen molar-refractivity contribution in [3.05, 3.63) is 45.7 Å². The predicted molar refractivity (Wildman–Crippen MR) is 141 cm³/mol. The van der Waals surface area contributed by atoms with Crippen LogP contribution >= 0.6 is 11.8 Å². The van der Waals surface area contributed by atoms with Gasteiger partial charge in [0.15, 0.2) is 5.16 Å². The highest BCUT2D eigenvalue weighted by Crippen LogP contribution is 2.49. The Balaban J connectivity index is 1.68. The van der Waals surface area contributed by atoms with Crippen molar-refractivity contribution in [2.45, 2.75) is 95.7 Å². The van der Waals surface area contributed by atoms with Gasteiger partial charge in [0.2, 0.25) is 5.91 Å². The summed E-state index contributed by atoms with van der Waals surface area (Å²) in [6.07, 6.45) is 9.59. The molecule has 34 heavy (non-hydrogen) atoms. The van der Waals surface area contributed by atoms with Crippen molar-refractivity contribution in [3.8, 4) is 11.3 Å². The molecule has 1 aromatic carbocycles. The molecule has 1 fully saturated rings. The maximum atomic E-state index is 13.9. The first-order valence-electron chi connectivity index (χ1n) is 13.2. The molecule has 0 atom stereocenters. The molecule has 0 aliphatic heterocycles. The predicted octanol–water partition coefficient (Wildman–Crippen LogP) is 5.82. The van der Waals surface area contributed by atoms with Crippen LogP contribution in [-0.2, 0) is 23.2 Å². The molecule has 2 aromatic rings. The van der Waals surface area contributed by atoms with Gasteiger partial charge in [-0.1, -0.05) is 75.6 Å². The third kappa shape index (κ3) is 4.84. The number of amides is 1. The minimum Gasteiger partial charge on any atom is -0.342 e. The van der Waals surface area contributed by atoms with Gasteiger partial charge >= 0.3 is 0 Å². The van der Waals surface area contributed by atoms with Crippen molar-refractivity contribution >= 4 is 17.7 Å². The van der Waals surface area contributed by atoms with Crippen LogP contribution in [0.25, 0.3) is 11.3 Å². The normalized spacial score (nSPS) is 15.9. The van der Waals surface area contributed by atoms with Gasteiger partial charge in [0, 0.05) is 30.6 Å². The van der Waals surface area contributed by atoms with Crippen molar-refractivity contribution in [3.63, 3.8) is 0 Å². The van der Waals surface area contributed by atoms with Crippen molar-refractivity contribution in [1.82, 2.24) is 14.5 Å². The summed E-state index contributed by atoms with van der Waals surface area (Å²) in [5, 5.41) is 0.676. The van der Waals surface area contributed by atoms with E-state index in [9.17, 15) is 9.59 Å². The molecule has 1 saturated carbocycles. The van der Waals surface area contributed by atoms with Gasteiger partial charge in [0.25, 0.3) is 5.56 Å². The van der Waals surface area contributed by atoms with E-state index in [1.807, 2.05) is 22.5 Å². The number of benzene rings is 1. The van der Waals surface area contributed by atoms with Gasteiger partial charge in [-0.3, -0.25) is 14.2 Å². The lowest BCUT2D eigenvalue weighted by molar-refractivity contribution is -0.128. The standard InChI is InChI=1S/C28H39N3O2S/c1-4-7-17-30(18-8-5-2)23(32)20-34-27-29-25-22-14-10-9-13-21(22)19-28(15-11-12-16-28)24(25)26(33)31(27)6-3/h9-10,13-14H,4-8,11-12,15-20H2,1-3H3. The van der Waals surface area contributed by atoms with Crippen LogP contribution in [-0.4, -0.2) is 39.2 Å². The average molecular weight is 482 g/mol. The Kier molecular flexibility index (Phi) is 8.18. The Labute approximate surface area is 208 Å². The van der Waals surface area contributed by atoms with E-state index in [-0.39, 0.29) is 16.9 Å². The molecular weight excluding hydrogens is 442 g/mol. The Hall–Kier alpha value is -2.08. The lowest BCUT2D eigenvalue weighted by Gasteiger charge is -2.36. The fraction of sp³-hybridized carbons (Fsp3) is 0.607. The molecule has 0 bridgehead atoms. The quantitative estimate of drug-likeness (QED) is 0.317. The summed E-state index contributed by atoms with van der Waals surface area (Å²) in [6, 6.07) is 8.43. The van der Waals surface area contributed by atoms with Gasteiger partial charge in [-0.2, -0.15) is 0 Å². The SMILES string of the molecule is CCCCN(CCCC)C(=O)CSc1nc2c(c(=O)n1CC)C1(CCCC1)Cc1ccccc1-2. The van der Waals surface area contributed by atoms with E-state index < -0.39 is 0 Å². The first kappa shape index (κ1) is 25.0. The van der Waals surface area contributed by atoms with E-state index >= 15 is 0 Å². The highest BCUT2D eigenvalue weighted by molar-refractivity contribution is 7.99. The monoisotopic (exact) mass is 481 g/mol. The van der Waals surface area contributed by atoms with E-state index in [1.165, 1.54) is 30.2 Å². The van der Waals surface area contributed by atoms with Crippen LogP contribution in [0.1, 0.15) is 83.3 Å². The summed E-state index contributed by atoms with van der Waals surface area (Å²) in [4.78, 5) is 34.1. The van der Waals surface area contributed by atoms with Crippen LogP contribution in [0.5, 0.6) is 0 Å². The van der Waals surface area contributed by atoms with Gasteiger partial charge in [0.1, 0.15) is 0 Å². The molecule has 1 aromatic heterocycles. The number of hydrogen-bond acceptors (Lipinski definition) is 4. The lowest BCUT2D eigenvalue weighted by Crippen LogP contribution is -2.40. The number of fused-ring (bicyclic) bond motifs is 4. The van der Waals surface area contributed by atoms with Gasteiger partial charge in [-0.05, 0) is 44.6 Å². The van der Waals surface area contributed by atoms with Gasteiger partial charge in [-0.15, -0.1) is 0 Å². The third-order valence-electron chi connectivity index (χ3n) is 7.58. The Morgan fingerprint density at radius 3 is 2.41 bits per heavy atom. The second kappa shape index (κ2) is 11.1.